The van der Waals surface area contributed by atoms with E-state index >= 15 is 0 Å². The summed E-state index contributed by atoms with van der Waals surface area (Å²) in [5, 5.41) is 4.62. The van der Waals surface area contributed by atoms with Crippen LogP contribution < -0.4 is 10.6 Å². The summed E-state index contributed by atoms with van der Waals surface area (Å²) in [4.78, 5) is 26.0. The highest BCUT2D eigenvalue weighted by molar-refractivity contribution is 6.31. The van der Waals surface area contributed by atoms with Crippen molar-refractivity contribution in [3.8, 4) is 0 Å². The van der Waals surface area contributed by atoms with Gasteiger partial charge in [0.2, 0.25) is 5.91 Å². The lowest BCUT2D eigenvalue weighted by atomic mass is 9.88. The molecular formula is C19H20ClF4N3O2. The lowest BCUT2D eigenvalue weighted by Crippen LogP contribution is -2.58. The molecule has 1 aromatic carbocycles. The third kappa shape index (κ3) is 3.33. The zero-order valence-corrected chi connectivity index (χ0v) is 16.3. The smallest absolute Gasteiger partial charge is 0.318 e. The fourth-order valence-corrected chi connectivity index (χ4v) is 4.80. The SMILES string of the molecule is C[C@@H]1C(=O)NCCN1C(=O)N[C@H](c1ccc(F)c(Cl)c1F)C1C[C@@H]2[C@H](C1)C2(F)F. The van der Waals surface area contributed by atoms with Gasteiger partial charge in [0.05, 0.1) is 6.04 Å². The van der Waals surface area contributed by atoms with Gasteiger partial charge in [0.15, 0.2) is 0 Å². The maximum atomic E-state index is 14.7. The van der Waals surface area contributed by atoms with Gasteiger partial charge in [-0.25, -0.2) is 22.4 Å². The summed E-state index contributed by atoms with van der Waals surface area (Å²) in [5.74, 6) is -7.02. The first kappa shape index (κ1) is 20.3. The summed E-state index contributed by atoms with van der Waals surface area (Å²) in [6.45, 7) is 2.09. The maximum absolute atomic E-state index is 14.7. The average molecular weight is 434 g/mol. The molecule has 0 bridgehead atoms. The minimum Gasteiger partial charge on any atom is -0.353 e. The third-order valence-electron chi connectivity index (χ3n) is 6.39. The highest BCUT2D eigenvalue weighted by Gasteiger charge is 2.72. The molecule has 158 valence electrons. The molecule has 0 aromatic heterocycles. The monoisotopic (exact) mass is 433 g/mol. The number of benzene rings is 1. The average Bonchev–Trinajstić information content (AvgIpc) is 3.01. The van der Waals surface area contributed by atoms with Gasteiger partial charge in [-0.15, -0.1) is 0 Å². The van der Waals surface area contributed by atoms with Crippen molar-refractivity contribution in [2.75, 3.05) is 13.1 Å². The van der Waals surface area contributed by atoms with Gasteiger partial charge in [-0.3, -0.25) is 4.79 Å². The molecule has 3 fully saturated rings. The van der Waals surface area contributed by atoms with Crippen molar-refractivity contribution in [3.63, 3.8) is 0 Å². The molecule has 5 atom stereocenters. The second kappa shape index (κ2) is 7.04. The number of amides is 3. The standard InChI is InChI=1S/C19H20ClF4N3O2/c1-8-17(28)25-4-5-27(8)18(29)26-16(9-6-11-12(7-9)19(11,23)24)10-2-3-13(21)14(20)15(10)22/h2-3,8-9,11-12,16H,4-7H2,1H3,(H,25,28)(H,26,29)/t8-,9?,11-,12+,16+/m1/s1. The largest absolute Gasteiger partial charge is 0.353 e. The van der Waals surface area contributed by atoms with E-state index in [1.807, 2.05) is 0 Å². The number of urea groups is 1. The van der Waals surface area contributed by atoms with E-state index in [1.54, 1.807) is 6.92 Å². The van der Waals surface area contributed by atoms with Gasteiger partial charge < -0.3 is 15.5 Å². The Morgan fingerprint density at radius 2 is 1.97 bits per heavy atom. The summed E-state index contributed by atoms with van der Waals surface area (Å²) < 4.78 is 55.6. The number of piperazine rings is 1. The van der Waals surface area contributed by atoms with Crippen LogP contribution in [0.2, 0.25) is 5.02 Å². The van der Waals surface area contributed by atoms with E-state index in [4.69, 9.17) is 11.6 Å². The number of nitrogens with zero attached hydrogens (tertiary/aromatic N) is 1. The molecule has 5 nitrogen and oxygen atoms in total. The van der Waals surface area contributed by atoms with Crippen molar-refractivity contribution in [1.82, 2.24) is 15.5 Å². The zero-order chi connectivity index (χ0) is 21.1. The number of hydrogen-bond donors (Lipinski definition) is 2. The van der Waals surface area contributed by atoms with Crippen LogP contribution in [0.3, 0.4) is 0 Å². The molecule has 10 heteroatoms. The van der Waals surface area contributed by atoms with Gasteiger partial charge in [-0.1, -0.05) is 17.7 Å². The van der Waals surface area contributed by atoms with Crippen molar-refractivity contribution in [2.45, 2.75) is 37.8 Å². The van der Waals surface area contributed by atoms with Gasteiger partial charge in [-0.05, 0) is 31.7 Å². The number of halogens is 5. The van der Waals surface area contributed by atoms with Gasteiger partial charge in [-0.2, -0.15) is 0 Å². The van der Waals surface area contributed by atoms with Gasteiger partial charge in [0.25, 0.3) is 5.92 Å². The van der Waals surface area contributed by atoms with Gasteiger partial charge in [0, 0.05) is 30.5 Å². The minimum atomic E-state index is -2.72. The highest BCUT2D eigenvalue weighted by atomic mass is 35.5. The Kier molecular flexibility index (Phi) is 4.91. The van der Waals surface area contributed by atoms with E-state index in [0.717, 1.165) is 6.07 Å². The van der Waals surface area contributed by atoms with Gasteiger partial charge in [0.1, 0.15) is 22.7 Å². The van der Waals surface area contributed by atoms with Crippen LogP contribution in [0.5, 0.6) is 0 Å². The second-order valence-electron chi connectivity index (χ2n) is 7.97. The molecule has 1 unspecified atom stereocenters. The number of alkyl halides is 2. The van der Waals surface area contributed by atoms with Crippen LogP contribution in [-0.4, -0.2) is 41.9 Å². The molecule has 2 saturated carbocycles. The third-order valence-corrected chi connectivity index (χ3v) is 6.74. The van der Waals surface area contributed by atoms with Crippen molar-refractivity contribution in [1.29, 1.82) is 0 Å². The number of carbonyl (C=O) groups excluding carboxylic acids is 2. The first-order valence-corrected chi connectivity index (χ1v) is 9.86. The topological polar surface area (TPSA) is 61.4 Å². The van der Waals surface area contributed by atoms with Crippen LogP contribution in [0.1, 0.15) is 31.4 Å². The van der Waals surface area contributed by atoms with Crippen molar-refractivity contribution in [3.05, 3.63) is 34.4 Å². The van der Waals surface area contributed by atoms with E-state index in [0.29, 0.717) is 0 Å². The second-order valence-corrected chi connectivity index (χ2v) is 8.35. The fraction of sp³-hybridized carbons (Fsp3) is 0.579. The van der Waals surface area contributed by atoms with Crippen molar-refractivity contribution in [2.24, 2.45) is 17.8 Å². The van der Waals surface area contributed by atoms with E-state index in [1.165, 1.54) is 11.0 Å². The van der Waals surface area contributed by atoms with Crippen molar-refractivity contribution >= 4 is 23.5 Å². The molecule has 0 spiro atoms. The minimum absolute atomic E-state index is 0.0477. The van der Waals surface area contributed by atoms with Crippen LogP contribution in [0.15, 0.2) is 12.1 Å². The van der Waals surface area contributed by atoms with Crippen molar-refractivity contribution < 1.29 is 27.2 Å². The number of hydrogen-bond acceptors (Lipinski definition) is 2. The highest BCUT2D eigenvalue weighted by Crippen LogP contribution is 2.67. The molecule has 1 aromatic rings. The Hall–Kier alpha value is -2.03. The Morgan fingerprint density at radius 3 is 2.62 bits per heavy atom. The molecule has 4 rings (SSSR count). The molecule has 0 radical (unpaired) electrons. The quantitative estimate of drug-likeness (QED) is 0.566. The Balaban J connectivity index is 1.60. The number of nitrogens with one attached hydrogen (secondary N) is 2. The first-order chi connectivity index (χ1) is 13.6. The van der Waals surface area contributed by atoms with E-state index in [-0.39, 0.29) is 37.4 Å². The molecular weight excluding hydrogens is 414 g/mol. The summed E-state index contributed by atoms with van der Waals surface area (Å²) >= 11 is 5.70. The predicted molar refractivity (Wildman–Crippen MR) is 96.5 cm³/mol. The Morgan fingerprint density at radius 1 is 1.31 bits per heavy atom. The zero-order valence-electron chi connectivity index (χ0n) is 15.5. The Labute approximate surface area is 169 Å². The summed E-state index contributed by atoms with van der Waals surface area (Å²) in [5.41, 5.74) is -0.0477. The molecule has 29 heavy (non-hydrogen) atoms. The van der Waals surface area contributed by atoms with E-state index in [2.05, 4.69) is 10.6 Å². The van der Waals surface area contributed by atoms with Crippen LogP contribution in [0, 0.1) is 29.4 Å². The molecule has 3 amide bonds. The first-order valence-electron chi connectivity index (χ1n) is 9.49. The van der Waals surface area contributed by atoms with E-state index in [9.17, 15) is 27.2 Å². The summed E-state index contributed by atoms with van der Waals surface area (Å²) in [7, 11) is 0. The Bertz CT molecular complexity index is 854. The van der Waals surface area contributed by atoms with Crippen LogP contribution in [-0.2, 0) is 4.79 Å². The summed E-state index contributed by atoms with van der Waals surface area (Å²) in [6.07, 6.45) is 0.236. The van der Waals surface area contributed by atoms with E-state index < -0.39 is 58.4 Å². The molecule has 1 saturated heterocycles. The number of fused-ring (bicyclic) bond motifs is 1. The predicted octanol–water partition coefficient (Wildman–Crippen LogP) is 3.48. The number of carbonyl (C=O) groups is 2. The molecule has 2 aliphatic carbocycles. The lowest BCUT2D eigenvalue weighted by molar-refractivity contribution is -0.127. The fourth-order valence-electron chi connectivity index (χ4n) is 4.63. The maximum Gasteiger partial charge on any atom is 0.318 e. The van der Waals surface area contributed by atoms with Gasteiger partial charge >= 0.3 is 6.03 Å². The number of rotatable bonds is 3. The lowest BCUT2D eigenvalue weighted by Gasteiger charge is -2.35. The summed E-state index contributed by atoms with van der Waals surface area (Å²) in [6, 6.07) is -0.129. The normalized spacial score (nSPS) is 31.1. The van der Waals surface area contributed by atoms with Crippen LogP contribution in [0.4, 0.5) is 22.4 Å². The molecule has 1 aliphatic heterocycles. The molecule has 2 N–H and O–H groups in total. The molecule has 1 heterocycles. The molecule has 3 aliphatic rings. The van der Waals surface area contributed by atoms with Crippen LogP contribution in [0.25, 0.3) is 0 Å². The van der Waals surface area contributed by atoms with Crippen LogP contribution >= 0.6 is 11.6 Å².